The highest BCUT2D eigenvalue weighted by Crippen LogP contribution is 2.33. The van der Waals surface area contributed by atoms with Gasteiger partial charge in [0.1, 0.15) is 17.1 Å². The average Bonchev–Trinajstić information content (AvgIpc) is 3.41. The molecule has 2 atom stereocenters. The number of nitrogens with two attached hydrogens (primary N) is 1. The number of hydrogen-bond donors (Lipinski definition) is 1. The summed E-state index contributed by atoms with van der Waals surface area (Å²) < 4.78 is 26.2. The second kappa shape index (κ2) is 7.43. The minimum atomic E-state index is -0.474. The van der Waals surface area contributed by atoms with Gasteiger partial charge in [0.05, 0.1) is 18.7 Å². The second-order valence-electron chi connectivity index (χ2n) is 8.00. The van der Waals surface area contributed by atoms with Gasteiger partial charge in [-0.1, -0.05) is 0 Å². The molecule has 1 saturated heterocycles. The van der Waals surface area contributed by atoms with Crippen molar-refractivity contribution in [2.75, 3.05) is 19.4 Å². The van der Waals surface area contributed by atoms with Gasteiger partial charge in [0, 0.05) is 31.5 Å². The van der Waals surface area contributed by atoms with Crippen LogP contribution >= 0.6 is 0 Å². The number of rotatable bonds is 3. The van der Waals surface area contributed by atoms with E-state index in [1.165, 1.54) is 30.0 Å². The van der Waals surface area contributed by atoms with Gasteiger partial charge in [0.25, 0.3) is 5.91 Å². The number of fused-ring (bicyclic) bond motifs is 3. The zero-order valence-electron chi connectivity index (χ0n) is 17.9. The fraction of sp³-hybridized carbons (Fsp3) is 0.381. The van der Waals surface area contributed by atoms with Crippen molar-refractivity contribution >= 4 is 28.4 Å². The molecule has 0 unspecified atom stereocenters. The monoisotopic (exact) mass is 439 g/mol. The van der Waals surface area contributed by atoms with E-state index in [0.717, 1.165) is 12.8 Å². The Morgan fingerprint density at radius 3 is 2.84 bits per heavy atom. The molecule has 0 saturated carbocycles. The number of hydrogen-bond acceptors (Lipinski definition) is 8. The Kier molecular flexibility index (Phi) is 4.68. The largest absolute Gasteiger partial charge is 0.494 e. The number of carbonyl (C=O) groups excluding carboxylic acids is 1. The van der Waals surface area contributed by atoms with Crippen LogP contribution in [0, 0.1) is 12.7 Å². The van der Waals surface area contributed by atoms with Gasteiger partial charge in [-0.05, 0) is 25.8 Å². The molecule has 1 aliphatic heterocycles. The molecule has 0 radical (unpaired) electrons. The van der Waals surface area contributed by atoms with E-state index < -0.39 is 5.82 Å². The number of carbonyl (C=O) groups is 1. The molecule has 1 amide bonds. The third-order valence-corrected chi connectivity index (χ3v) is 5.91. The van der Waals surface area contributed by atoms with E-state index in [1.807, 2.05) is 6.92 Å². The van der Waals surface area contributed by atoms with E-state index in [0.29, 0.717) is 34.8 Å². The van der Waals surface area contributed by atoms with Gasteiger partial charge in [-0.2, -0.15) is 4.52 Å². The summed E-state index contributed by atoms with van der Waals surface area (Å²) in [5.41, 5.74) is 6.92. The standard InChI is InChI=1S/C21H22FN7O3/c1-10-4-5-12(9-28(10)20(30)16-8-24-11(2)32-16)18-26-19-14-6-13(22)7-15(31-3)17(14)25-21(23)29(19)27-18/h6-8,10,12H,4-5,9H2,1-3H3,(H2,23,25)/t10-,12+/m0/s1. The van der Waals surface area contributed by atoms with Crippen molar-refractivity contribution in [3.63, 3.8) is 0 Å². The van der Waals surface area contributed by atoms with Gasteiger partial charge in [-0.15, -0.1) is 5.10 Å². The van der Waals surface area contributed by atoms with Crippen molar-refractivity contribution in [3.8, 4) is 5.75 Å². The number of halogens is 1. The molecule has 0 spiro atoms. The van der Waals surface area contributed by atoms with Crippen LogP contribution in [0.2, 0.25) is 0 Å². The third kappa shape index (κ3) is 3.20. The number of likely N-dealkylation sites (tertiary alicyclic amines) is 1. The summed E-state index contributed by atoms with van der Waals surface area (Å²) in [5.74, 6) is 0.739. The highest BCUT2D eigenvalue weighted by Gasteiger charge is 2.34. The molecule has 32 heavy (non-hydrogen) atoms. The maximum absolute atomic E-state index is 14.2. The first-order valence-electron chi connectivity index (χ1n) is 10.3. The first-order valence-corrected chi connectivity index (χ1v) is 10.3. The number of nitrogen functional groups attached to an aromatic ring is 1. The Labute approximate surface area is 182 Å². The molecule has 0 aliphatic carbocycles. The van der Waals surface area contributed by atoms with Crippen LogP contribution < -0.4 is 10.5 Å². The lowest BCUT2D eigenvalue weighted by Gasteiger charge is -2.36. The number of aromatic nitrogens is 5. The molecule has 3 aromatic heterocycles. The van der Waals surface area contributed by atoms with Crippen LogP contribution in [-0.2, 0) is 0 Å². The van der Waals surface area contributed by atoms with Crippen molar-refractivity contribution in [1.82, 2.24) is 29.5 Å². The highest BCUT2D eigenvalue weighted by molar-refractivity contribution is 5.96. The Bertz CT molecular complexity index is 1350. The van der Waals surface area contributed by atoms with Crippen LogP contribution in [0.25, 0.3) is 16.6 Å². The number of aryl methyl sites for hydroxylation is 1. The molecule has 2 N–H and O–H groups in total. The smallest absolute Gasteiger partial charge is 0.291 e. The molecule has 10 nitrogen and oxygen atoms in total. The first kappa shape index (κ1) is 20.2. The average molecular weight is 439 g/mol. The van der Waals surface area contributed by atoms with Crippen molar-refractivity contribution in [2.24, 2.45) is 0 Å². The lowest BCUT2D eigenvalue weighted by molar-refractivity contribution is 0.0572. The van der Waals surface area contributed by atoms with Crippen LogP contribution in [-0.4, -0.2) is 55.1 Å². The van der Waals surface area contributed by atoms with Crippen molar-refractivity contribution < 1.29 is 18.3 Å². The Balaban J connectivity index is 1.54. The van der Waals surface area contributed by atoms with E-state index in [1.54, 1.807) is 11.8 Å². The van der Waals surface area contributed by atoms with Crippen LogP contribution in [0.4, 0.5) is 10.3 Å². The summed E-state index contributed by atoms with van der Waals surface area (Å²) in [6.07, 6.45) is 3.01. The maximum Gasteiger partial charge on any atom is 0.291 e. The molecular weight excluding hydrogens is 417 g/mol. The van der Waals surface area contributed by atoms with E-state index >= 15 is 0 Å². The van der Waals surface area contributed by atoms with Gasteiger partial charge >= 0.3 is 0 Å². The lowest BCUT2D eigenvalue weighted by Crippen LogP contribution is -2.45. The molecule has 1 fully saturated rings. The van der Waals surface area contributed by atoms with E-state index in [4.69, 9.17) is 14.9 Å². The van der Waals surface area contributed by atoms with Gasteiger partial charge in [-0.3, -0.25) is 4.79 Å². The number of methoxy groups -OCH3 is 1. The zero-order chi connectivity index (χ0) is 22.6. The van der Waals surface area contributed by atoms with Gasteiger partial charge in [0.15, 0.2) is 17.4 Å². The number of benzene rings is 1. The maximum atomic E-state index is 14.2. The number of piperidine rings is 1. The van der Waals surface area contributed by atoms with E-state index in [2.05, 4.69) is 20.1 Å². The molecule has 11 heteroatoms. The predicted octanol–water partition coefficient (Wildman–Crippen LogP) is 2.71. The third-order valence-electron chi connectivity index (χ3n) is 5.91. The first-order chi connectivity index (χ1) is 15.4. The lowest BCUT2D eigenvalue weighted by atomic mass is 9.92. The molecule has 5 rings (SSSR count). The Morgan fingerprint density at radius 2 is 2.12 bits per heavy atom. The fourth-order valence-corrected chi connectivity index (χ4v) is 4.22. The van der Waals surface area contributed by atoms with Gasteiger partial charge < -0.3 is 19.8 Å². The molecular formula is C21H22FN7O3. The van der Waals surface area contributed by atoms with Crippen LogP contribution in [0.15, 0.2) is 22.7 Å². The highest BCUT2D eigenvalue weighted by atomic mass is 19.1. The van der Waals surface area contributed by atoms with Crippen LogP contribution in [0.1, 0.15) is 48.0 Å². The summed E-state index contributed by atoms with van der Waals surface area (Å²) in [7, 11) is 1.44. The molecule has 1 aromatic carbocycles. The van der Waals surface area contributed by atoms with Crippen molar-refractivity contribution in [1.29, 1.82) is 0 Å². The van der Waals surface area contributed by atoms with Crippen LogP contribution in [0.3, 0.4) is 0 Å². The summed E-state index contributed by atoms with van der Waals surface area (Å²) in [6.45, 7) is 4.11. The topological polar surface area (TPSA) is 125 Å². The second-order valence-corrected chi connectivity index (χ2v) is 8.00. The minimum absolute atomic E-state index is 0.0344. The zero-order valence-corrected chi connectivity index (χ0v) is 17.9. The molecule has 4 aromatic rings. The SMILES string of the molecule is COc1cc(F)cc2c1nc(N)n1nc([C@@H]3CC[C@H](C)N(C(=O)c4cnc(C)o4)C3)nc21. The number of anilines is 1. The van der Waals surface area contributed by atoms with Gasteiger partial charge in [0.2, 0.25) is 11.7 Å². The Hall–Kier alpha value is -3.76. The summed E-state index contributed by atoms with van der Waals surface area (Å²) >= 11 is 0. The van der Waals surface area contributed by atoms with E-state index in [-0.39, 0.29) is 35.3 Å². The summed E-state index contributed by atoms with van der Waals surface area (Å²) in [4.78, 5) is 27.7. The van der Waals surface area contributed by atoms with Crippen molar-refractivity contribution in [2.45, 2.75) is 38.6 Å². The van der Waals surface area contributed by atoms with Gasteiger partial charge in [-0.25, -0.2) is 19.3 Å². The normalized spacial score (nSPS) is 19.1. The summed E-state index contributed by atoms with van der Waals surface area (Å²) in [5, 5.41) is 5.00. The predicted molar refractivity (Wildman–Crippen MR) is 113 cm³/mol. The molecule has 166 valence electrons. The van der Waals surface area contributed by atoms with Crippen LogP contribution in [0.5, 0.6) is 5.75 Å². The number of oxazole rings is 1. The molecule has 0 bridgehead atoms. The number of amides is 1. The number of nitrogens with zero attached hydrogens (tertiary/aromatic N) is 6. The molecule has 4 heterocycles. The summed E-state index contributed by atoms with van der Waals surface area (Å²) in [6, 6.07) is 2.62. The fourth-order valence-electron chi connectivity index (χ4n) is 4.22. The van der Waals surface area contributed by atoms with Crippen molar-refractivity contribution in [3.05, 3.63) is 41.6 Å². The minimum Gasteiger partial charge on any atom is -0.494 e. The number of ether oxygens (including phenoxy) is 1. The molecule has 1 aliphatic rings. The quantitative estimate of drug-likeness (QED) is 0.517. The van der Waals surface area contributed by atoms with E-state index in [9.17, 15) is 9.18 Å². The Morgan fingerprint density at radius 1 is 1.31 bits per heavy atom.